The Hall–Kier alpha value is -0.830. The minimum atomic E-state index is 0.827. The van der Waals surface area contributed by atoms with Gasteiger partial charge in [0, 0.05) is 11.8 Å². The largest absolute Gasteiger partial charge is 0.504 e. The van der Waals surface area contributed by atoms with Crippen LogP contribution in [0.5, 0.6) is 0 Å². The van der Waals surface area contributed by atoms with E-state index in [1.807, 2.05) is 18.2 Å². The fourth-order valence-electron chi connectivity index (χ4n) is 0.664. The Morgan fingerprint density at radius 2 is 2.45 bits per heavy atom. The Morgan fingerprint density at radius 3 is 3.09 bits per heavy atom. The van der Waals surface area contributed by atoms with Crippen LogP contribution in [0, 0.1) is 0 Å². The molecular weight excluding hydrogens is 206 g/mol. The molecule has 3 heteroatoms. The monoisotopic (exact) mass is 213 g/mol. The zero-order chi connectivity index (χ0) is 8.10. The highest BCUT2D eigenvalue weighted by Crippen LogP contribution is 2.13. The number of halogens is 1. The maximum atomic E-state index is 4.77. The summed E-state index contributed by atoms with van der Waals surface area (Å²) in [6.45, 7) is 0. The van der Waals surface area contributed by atoms with Gasteiger partial charge in [-0.15, -0.1) is 0 Å². The third-order valence-electron chi connectivity index (χ3n) is 1.17. The van der Waals surface area contributed by atoms with E-state index in [0.717, 1.165) is 10.2 Å². The van der Waals surface area contributed by atoms with Crippen molar-refractivity contribution in [2.75, 3.05) is 7.11 Å². The highest BCUT2D eigenvalue weighted by molar-refractivity contribution is 9.10. The summed E-state index contributed by atoms with van der Waals surface area (Å²) >= 11 is 3.31. The molecule has 0 aliphatic heterocycles. The Bertz CT molecular complexity index is 260. The molecule has 0 aliphatic rings. The van der Waals surface area contributed by atoms with Crippen molar-refractivity contribution in [3.63, 3.8) is 0 Å². The van der Waals surface area contributed by atoms with E-state index in [1.54, 1.807) is 19.6 Å². The standard InChI is InChI=1S/C8H8BrNO/c1-11-6-4-7-3-2-5-10-8(7)9/h2-6H,1H3. The lowest BCUT2D eigenvalue weighted by atomic mass is 10.3. The summed E-state index contributed by atoms with van der Waals surface area (Å²) in [5.41, 5.74) is 1.01. The van der Waals surface area contributed by atoms with Crippen molar-refractivity contribution in [3.05, 3.63) is 34.8 Å². The minimum absolute atomic E-state index is 0.827. The summed E-state index contributed by atoms with van der Waals surface area (Å²) in [7, 11) is 1.61. The zero-order valence-corrected chi connectivity index (χ0v) is 7.71. The molecule has 1 aromatic heterocycles. The summed E-state index contributed by atoms with van der Waals surface area (Å²) < 4.78 is 5.60. The lowest BCUT2D eigenvalue weighted by Gasteiger charge is -1.94. The number of hydrogen-bond acceptors (Lipinski definition) is 2. The predicted molar refractivity (Wildman–Crippen MR) is 48.0 cm³/mol. The van der Waals surface area contributed by atoms with E-state index in [2.05, 4.69) is 20.9 Å². The van der Waals surface area contributed by atoms with Crippen LogP contribution in [0.1, 0.15) is 5.56 Å². The van der Waals surface area contributed by atoms with Gasteiger partial charge in [0.15, 0.2) is 0 Å². The Balaban J connectivity index is 2.86. The van der Waals surface area contributed by atoms with E-state index in [4.69, 9.17) is 4.74 Å². The van der Waals surface area contributed by atoms with Crippen molar-refractivity contribution in [1.82, 2.24) is 4.98 Å². The Kier molecular flexibility index (Phi) is 3.11. The first-order valence-electron chi connectivity index (χ1n) is 3.14. The quantitative estimate of drug-likeness (QED) is 0.557. The molecule has 0 aliphatic carbocycles. The zero-order valence-electron chi connectivity index (χ0n) is 6.12. The topological polar surface area (TPSA) is 22.1 Å². The molecule has 0 amide bonds. The van der Waals surface area contributed by atoms with Gasteiger partial charge in [0.25, 0.3) is 0 Å². The third kappa shape index (κ3) is 2.35. The van der Waals surface area contributed by atoms with Crippen molar-refractivity contribution < 1.29 is 4.74 Å². The minimum Gasteiger partial charge on any atom is -0.504 e. The second kappa shape index (κ2) is 4.13. The number of rotatable bonds is 2. The molecule has 58 valence electrons. The van der Waals surface area contributed by atoms with Gasteiger partial charge in [0.1, 0.15) is 4.60 Å². The average molecular weight is 214 g/mol. The highest BCUT2D eigenvalue weighted by Gasteiger charge is 1.92. The van der Waals surface area contributed by atoms with Crippen LogP contribution in [0.3, 0.4) is 0 Å². The first-order chi connectivity index (χ1) is 5.34. The molecule has 1 heterocycles. The second-order valence-electron chi connectivity index (χ2n) is 1.92. The number of hydrogen-bond donors (Lipinski definition) is 0. The van der Waals surface area contributed by atoms with E-state index in [9.17, 15) is 0 Å². The molecular formula is C8H8BrNO. The summed E-state index contributed by atoms with van der Waals surface area (Å²) in [5, 5.41) is 0. The summed E-state index contributed by atoms with van der Waals surface area (Å²) in [5.74, 6) is 0. The molecule has 2 nitrogen and oxygen atoms in total. The van der Waals surface area contributed by atoms with Crippen LogP contribution >= 0.6 is 15.9 Å². The molecule has 0 N–H and O–H groups in total. The Labute approximate surface area is 74.0 Å². The van der Waals surface area contributed by atoms with Crippen molar-refractivity contribution in [3.8, 4) is 0 Å². The van der Waals surface area contributed by atoms with Crippen LogP contribution in [-0.4, -0.2) is 12.1 Å². The normalized spacial score (nSPS) is 10.4. The maximum Gasteiger partial charge on any atom is 0.113 e. The van der Waals surface area contributed by atoms with Gasteiger partial charge < -0.3 is 4.74 Å². The van der Waals surface area contributed by atoms with Gasteiger partial charge in [-0.25, -0.2) is 4.98 Å². The Morgan fingerprint density at radius 1 is 1.64 bits per heavy atom. The second-order valence-corrected chi connectivity index (χ2v) is 2.67. The van der Waals surface area contributed by atoms with Gasteiger partial charge in [-0.3, -0.25) is 0 Å². The van der Waals surface area contributed by atoms with Crippen LogP contribution < -0.4 is 0 Å². The molecule has 0 bridgehead atoms. The van der Waals surface area contributed by atoms with Crippen molar-refractivity contribution in [2.24, 2.45) is 0 Å². The molecule has 11 heavy (non-hydrogen) atoms. The number of aromatic nitrogens is 1. The molecule has 0 radical (unpaired) electrons. The lowest BCUT2D eigenvalue weighted by molar-refractivity contribution is 0.341. The molecule has 0 atom stereocenters. The van der Waals surface area contributed by atoms with Gasteiger partial charge in [-0.2, -0.15) is 0 Å². The highest BCUT2D eigenvalue weighted by atomic mass is 79.9. The number of methoxy groups -OCH3 is 1. The summed E-state index contributed by atoms with van der Waals surface area (Å²) in [6.07, 6.45) is 5.19. The van der Waals surface area contributed by atoms with Crippen LogP contribution in [0.15, 0.2) is 29.2 Å². The van der Waals surface area contributed by atoms with Crippen LogP contribution in [0.2, 0.25) is 0 Å². The summed E-state index contributed by atoms with van der Waals surface area (Å²) in [6, 6.07) is 3.83. The van der Waals surface area contributed by atoms with Crippen LogP contribution in [-0.2, 0) is 4.74 Å². The number of ether oxygens (including phenoxy) is 1. The van der Waals surface area contributed by atoms with E-state index < -0.39 is 0 Å². The number of nitrogens with zero attached hydrogens (tertiary/aromatic N) is 1. The van der Waals surface area contributed by atoms with Gasteiger partial charge in [-0.1, -0.05) is 6.07 Å². The van der Waals surface area contributed by atoms with Crippen LogP contribution in [0.25, 0.3) is 6.08 Å². The SMILES string of the molecule is COC=Cc1cccnc1Br. The van der Waals surface area contributed by atoms with Gasteiger partial charge in [-0.05, 0) is 28.1 Å². The molecule has 1 rings (SSSR count). The molecule has 0 unspecified atom stereocenters. The molecule has 0 aromatic carbocycles. The van der Waals surface area contributed by atoms with Crippen molar-refractivity contribution >= 4 is 22.0 Å². The van der Waals surface area contributed by atoms with Gasteiger partial charge >= 0.3 is 0 Å². The van der Waals surface area contributed by atoms with Gasteiger partial charge in [0.05, 0.1) is 13.4 Å². The van der Waals surface area contributed by atoms with Crippen molar-refractivity contribution in [1.29, 1.82) is 0 Å². The first kappa shape index (κ1) is 8.27. The maximum absolute atomic E-state index is 4.77. The lowest BCUT2D eigenvalue weighted by Crippen LogP contribution is -1.78. The van der Waals surface area contributed by atoms with E-state index in [1.165, 1.54) is 0 Å². The van der Waals surface area contributed by atoms with Crippen molar-refractivity contribution in [2.45, 2.75) is 0 Å². The molecule has 0 saturated heterocycles. The van der Waals surface area contributed by atoms with Gasteiger partial charge in [0.2, 0.25) is 0 Å². The fraction of sp³-hybridized carbons (Fsp3) is 0.125. The molecule has 0 fully saturated rings. The first-order valence-corrected chi connectivity index (χ1v) is 3.94. The van der Waals surface area contributed by atoms with E-state index >= 15 is 0 Å². The predicted octanol–water partition coefficient (Wildman–Crippen LogP) is 2.46. The van der Waals surface area contributed by atoms with Crippen LogP contribution in [0.4, 0.5) is 0 Å². The van der Waals surface area contributed by atoms with E-state index in [0.29, 0.717) is 0 Å². The third-order valence-corrected chi connectivity index (χ3v) is 1.83. The molecule has 0 spiro atoms. The molecule has 0 saturated carbocycles. The smallest absolute Gasteiger partial charge is 0.113 e. The van der Waals surface area contributed by atoms with E-state index in [-0.39, 0.29) is 0 Å². The fourth-order valence-corrected chi connectivity index (χ4v) is 1.05. The summed E-state index contributed by atoms with van der Waals surface area (Å²) in [4.78, 5) is 4.04. The average Bonchev–Trinajstić information content (AvgIpc) is 2.03. The molecule has 1 aromatic rings. The number of pyridine rings is 1.